The van der Waals surface area contributed by atoms with E-state index in [1.807, 2.05) is 27.9 Å². The lowest BCUT2D eigenvalue weighted by Gasteiger charge is -2.34. The molecule has 0 aromatic carbocycles. The third-order valence-corrected chi connectivity index (χ3v) is 4.64. The van der Waals surface area contributed by atoms with Gasteiger partial charge in [-0.1, -0.05) is 19.9 Å². The third kappa shape index (κ3) is 4.60. The minimum Gasteiger partial charge on any atom is -0.322 e. The molecule has 7 nitrogen and oxygen atoms in total. The Bertz CT molecular complexity index is 733. The molecule has 1 N–H and O–H groups in total. The lowest BCUT2D eigenvalue weighted by Crippen LogP contribution is -2.49. The fourth-order valence-electron chi connectivity index (χ4n) is 3.12. The lowest BCUT2D eigenvalue weighted by atomic mass is 10.2. The first-order valence-corrected chi connectivity index (χ1v) is 9.23. The second-order valence-corrected chi connectivity index (χ2v) is 7.25. The predicted octanol–water partition coefficient (Wildman–Crippen LogP) is 2.59. The fourth-order valence-corrected chi connectivity index (χ4v) is 3.12. The van der Waals surface area contributed by atoms with Crippen molar-refractivity contribution < 1.29 is 4.79 Å². The van der Waals surface area contributed by atoms with Crippen LogP contribution in [0, 0.1) is 12.8 Å². The molecule has 3 rings (SSSR count). The molecule has 1 aliphatic heterocycles. The normalized spacial score (nSPS) is 15.5. The molecule has 1 aliphatic rings. The van der Waals surface area contributed by atoms with Gasteiger partial charge < -0.3 is 4.90 Å². The summed E-state index contributed by atoms with van der Waals surface area (Å²) in [5, 5.41) is 7.29. The van der Waals surface area contributed by atoms with Crippen LogP contribution in [0.2, 0.25) is 0 Å². The van der Waals surface area contributed by atoms with E-state index in [2.05, 4.69) is 47.1 Å². The molecular formula is C19H28N6O. The van der Waals surface area contributed by atoms with Gasteiger partial charge in [-0.3, -0.25) is 15.2 Å². The molecule has 3 heterocycles. The number of amides is 2. The summed E-state index contributed by atoms with van der Waals surface area (Å²) in [7, 11) is 0. The van der Waals surface area contributed by atoms with Gasteiger partial charge in [-0.2, -0.15) is 5.10 Å². The molecule has 0 spiro atoms. The van der Waals surface area contributed by atoms with Gasteiger partial charge in [-0.05, 0) is 24.5 Å². The summed E-state index contributed by atoms with van der Waals surface area (Å²) in [5.74, 6) is 1.24. The molecule has 0 unspecified atom stereocenters. The zero-order chi connectivity index (χ0) is 18.5. The van der Waals surface area contributed by atoms with Crippen molar-refractivity contribution in [1.82, 2.24) is 24.6 Å². The minimum absolute atomic E-state index is 0.0517. The molecule has 0 atom stereocenters. The largest absolute Gasteiger partial charge is 0.323 e. The minimum atomic E-state index is -0.0517. The summed E-state index contributed by atoms with van der Waals surface area (Å²) in [5.41, 5.74) is 2.33. The van der Waals surface area contributed by atoms with Crippen molar-refractivity contribution in [1.29, 1.82) is 0 Å². The predicted molar refractivity (Wildman–Crippen MR) is 102 cm³/mol. The van der Waals surface area contributed by atoms with Gasteiger partial charge >= 0.3 is 6.03 Å². The van der Waals surface area contributed by atoms with E-state index in [4.69, 9.17) is 0 Å². The maximum atomic E-state index is 12.6. The number of carbonyl (C=O) groups is 1. The van der Waals surface area contributed by atoms with Crippen LogP contribution in [0.4, 0.5) is 10.6 Å². The smallest absolute Gasteiger partial charge is 0.322 e. The van der Waals surface area contributed by atoms with Crippen LogP contribution in [-0.4, -0.2) is 56.8 Å². The molecular weight excluding hydrogens is 328 g/mol. The maximum Gasteiger partial charge on any atom is 0.323 e. The van der Waals surface area contributed by atoms with E-state index >= 15 is 0 Å². The molecule has 1 saturated heterocycles. The van der Waals surface area contributed by atoms with E-state index in [1.54, 1.807) is 6.20 Å². The number of rotatable bonds is 5. The molecule has 26 heavy (non-hydrogen) atoms. The third-order valence-electron chi connectivity index (χ3n) is 4.64. The summed E-state index contributed by atoms with van der Waals surface area (Å²) in [6, 6.07) is 5.85. The second kappa shape index (κ2) is 8.31. The highest BCUT2D eigenvalue weighted by Gasteiger charge is 2.22. The van der Waals surface area contributed by atoms with Gasteiger partial charge in [-0.25, -0.2) is 9.48 Å². The Morgan fingerprint density at radius 3 is 2.65 bits per heavy atom. The molecule has 2 amide bonds. The summed E-state index contributed by atoms with van der Waals surface area (Å²) >= 11 is 0. The molecule has 0 saturated carbocycles. The van der Waals surface area contributed by atoms with Gasteiger partial charge in [-0.15, -0.1) is 0 Å². The van der Waals surface area contributed by atoms with E-state index in [0.29, 0.717) is 5.92 Å². The Morgan fingerprint density at radius 2 is 1.96 bits per heavy atom. The number of anilines is 1. The fraction of sp³-hybridized carbons (Fsp3) is 0.526. The van der Waals surface area contributed by atoms with E-state index < -0.39 is 0 Å². The van der Waals surface area contributed by atoms with Gasteiger partial charge in [0.1, 0.15) is 5.82 Å². The van der Waals surface area contributed by atoms with Gasteiger partial charge in [0.15, 0.2) is 0 Å². The van der Waals surface area contributed by atoms with E-state index in [0.717, 1.165) is 50.8 Å². The number of hydrogen-bond donors (Lipinski definition) is 1. The van der Waals surface area contributed by atoms with Crippen LogP contribution < -0.4 is 5.32 Å². The first kappa shape index (κ1) is 18.4. The number of hydrogen-bond acceptors (Lipinski definition) is 4. The first-order valence-electron chi connectivity index (χ1n) is 9.23. The zero-order valence-electron chi connectivity index (χ0n) is 15.9. The van der Waals surface area contributed by atoms with Crippen LogP contribution in [0.5, 0.6) is 0 Å². The monoisotopic (exact) mass is 356 g/mol. The second-order valence-electron chi connectivity index (χ2n) is 7.25. The standard InChI is InChI=1S/C19H28N6O/c1-15(2)13-25-18(6-8-21-25)22-19(26)24-11-9-23(10-12-24)14-17-16(3)5-4-7-20-17/h4-8,15H,9-14H2,1-3H3,(H,22,26). The summed E-state index contributed by atoms with van der Waals surface area (Å²) < 4.78 is 1.85. The number of aryl methyl sites for hydroxylation is 1. The molecule has 1 fully saturated rings. The highest BCUT2D eigenvalue weighted by atomic mass is 16.2. The molecule has 140 valence electrons. The van der Waals surface area contributed by atoms with Crippen LogP contribution in [0.25, 0.3) is 0 Å². The molecule has 2 aromatic rings. The van der Waals surface area contributed by atoms with Crippen LogP contribution >= 0.6 is 0 Å². The van der Waals surface area contributed by atoms with Gasteiger partial charge in [0, 0.05) is 51.5 Å². The zero-order valence-corrected chi connectivity index (χ0v) is 15.9. The number of urea groups is 1. The number of carbonyl (C=O) groups excluding carboxylic acids is 1. The molecule has 0 radical (unpaired) electrons. The Balaban J connectivity index is 1.51. The van der Waals surface area contributed by atoms with E-state index in [9.17, 15) is 4.79 Å². The van der Waals surface area contributed by atoms with Crippen LogP contribution in [0.1, 0.15) is 25.1 Å². The SMILES string of the molecule is Cc1cccnc1CN1CCN(C(=O)Nc2ccnn2CC(C)C)CC1. The van der Waals surface area contributed by atoms with Crippen molar-refractivity contribution >= 4 is 11.8 Å². The van der Waals surface area contributed by atoms with Crippen molar-refractivity contribution in [2.24, 2.45) is 5.92 Å². The summed E-state index contributed by atoms with van der Waals surface area (Å²) in [6.07, 6.45) is 3.57. The first-order chi connectivity index (χ1) is 12.5. The van der Waals surface area contributed by atoms with Crippen molar-refractivity contribution in [2.45, 2.75) is 33.9 Å². The van der Waals surface area contributed by atoms with E-state index in [-0.39, 0.29) is 6.03 Å². The van der Waals surface area contributed by atoms with Crippen molar-refractivity contribution in [3.05, 3.63) is 41.9 Å². The quantitative estimate of drug-likeness (QED) is 0.894. The summed E-state index contributed by atoms with van der Waals surface area (Å²) in [4.78, 5) is 21.2. The Labute approximate surface area is 155 Å². The summed E-state index contributed by atoms with van der Waals surface area (Å²) in [6.45, 7) is 11.1. The average molecular weight is 356 g/mol. The molecule has 2 aromatic heterocycles. The molecule has 0 aliphatic carbocycles. The number of nitrogens with one attached hydrogen (secondary N) is 1. The van der Waals surface area contributed by atoms with Crippen LogP contribution in [0.3, 0.4) is 0 Å². The molecule has 0 bridgehead atoms. The van der Waals surface area contributed by atoms with Gasteiger partial charge in [0.05, 0.1) is 11.9 Å². The number of nitrogens with zero attached hydrogens (tertiary/aromatic N) is 5. The number of aromatic nitrogens is 3. The number of piperazine rings is 1. The maximum absolute atomic E-state index is 12.6. The van der Waals surface area contributed by atoms with Crippen molar-refractivity contribution in [2.75, 3.05) is 31.5 Å². The van der Waals surface area contributed by atoms with Gasteiger partial charge in [0.25, 0.3) is 0 Å². The highest BCUT2D eigenvalue weighted by Crippen LogP contribution is 2.13. The van der Waals surface area contributed by atoms with Crippen LogP contribution in [0.15, 0.2) is 30.6 Å². The Kier molecular flexibility index (Phi) is 5.88. The van der Waals surface area contributed by atoms with E-state index in [1.165, 1.54) is 5.56 Å². The topological polar surface area (TPSA) is 66.3 Å². The Morgan fingerprint density at radius 1 is 1.19 bits per heavy atom. The molecule has 7 heteroatoms. The van der Waals surface area contributed by atoms with Gasteiger partial charge in [0.2, 0.25) is 0 Å². The highest BCUT2D eigenvalue weighted by molar-refractivity contribution is 5.88. The number of pyridine rings is 1. The average Bonchev–Trinajstić information content (AvgIpc) is 3.03. The van der Waals surface area contributed by atoms with Crippen molar-refractivity contribution in [3.8, 4) is 0 Å². The van der Waals surface area contributed by atoms with Crippen LogP contribution in [-0.2, 0) is 13.1 Å². The Hall–Kier alpha value is -2.41. The van der Waals surface area contributed by atoms with Crippen molar-refractivity contribution in [3.63, 3.8) is 0 Å². The lowest BCUT2D eigenvalue weighted by molar-refractivity contribution is 0.141.